The Morgan fingerprint density at radius 1 is 1.11 bits per heavy atom. The molecule has 0 spiro atoms. The molecule has 0 saturated heterocycles. The van der Waals surface area contributed by atoms with Crippen LogP contribution < -0.4 is 10.1 Å². The fourth-order valence-electron chi connectivity index (χ4n) is 4.29. The molecule has 3 heterocycles. The zero-order chi connectivity index (χ0) is 24.4. The fourth-order valence-corrected chi connectivity index (χ4v) is 4.94. The molecule has 0 bridgehead atoms. The molecule has 2 amide bonds. The Bertz CT molecular complexity index is 1360. The van der Waals surface area contributed by atoms with Gasteiger partial charge in [0.2, 0.25) is 5.82 Å². The molecule has 0 radical (unpaired) electrons. The molecule has 1 aliphatic heterocycles. The van der Waals surface area contributed by atoms with Crippen LogP contribution in [0, 0.1) is 0 Å². The highest BCUT2D eigenvalue weighted by atomic mass is 32.1. The summed E-state index contributed by atoms with van der Waals surface area (Å²) in [6.07, 6.45) is 0.944. The number of thiophene rings is 1. The predicted octanol–water partition coefficient (Wildman–Crippen LogP) is 6.07. The van der Waals surface area contributed by atoms with E-state index in [2.05, 4.69) is 29.5 Å². The van der Waals surface area contributed by atoms with Crippen molar-refractivity contribution in [3.8, 4) is 16.5 Å². The largest absolute Gasteiger partial charge is 0.496 e. The monoisotopic (exact) mass is 486 g/mol. The topological polar surface area (TPSA) is 80.5 Å². The number of carbonyl (C=O) groups excluding carboxylic acids is 1. The Balaban J connectivity index is 1.60. The van der Waals surface area contributed by atoms with Crippen molar-refractivity contribution in [2.75, 3.05) is 7.11 Å². The van der Waals surface area contributed by atoms with Crippen molar-refractivity contribution in [2.24, 2.45) is 0 Å². The summed E-state index contributed by atoms with van der Waals surface area (Å²) in [7, 11) is 1.63. The van der Waals surface area contributed by atoms with Crippen LogP contribution in [0.25, 0.3) is 16.3 Å². The number of nitrogens with zero attached hydrogens (tertiary/aromatic N) is 3. The maximum Gasteiger partial charge on any atom is 0.322 e. The zero-order valence-corrected chi connectivity index (χ0v) is 20.6. The minimum atomic E-state index is -0.418. The van der Waals surface area contributed by atoms with Crippen molar-refractivity contribution in [3.05, 3.63) is 94.3 Å². The first-order chi connectivity index (χ1) is 17.1. The van der Waals surface area contributed by atoms with E-state index < -0.39 is 6.04 Å². The summed E-state index contributed by atoms with van der Waals surface area (Å²) in [5.41, 5.74) is 4.62. The van der Waals surface area contributed by atoms with E-state index in [1.165, 1.54) is 5.56 Å². The van der Waals surface area contributed by atoms with E-state index in [-0.39, 0.29) is 6.03 Å². The first-order valence-corrected chi connectivity index (χ1v) is 12.3. The standard InChI is InChI=1S/C27H26N4O3S/c1-4-18-11-13-19(14-12-18)24-23(26-29-25(30-34-26)22-10-7-15-35-22)17(2)31(27(32)28-24)16-20-8-5-6-9-21(20)33-3/h5-15,24H,4,16H2,1-3H3,(H,28,32). The second-order valence-corrected chi connectivity index (χ2v) is 9.22. The maximum absolute atomic E-state index is 13.4. The molecule has 5 rings (SSSR count). The number of aromatic nitrogens is 2. The Kier molecular flexibility index (Phi) is 6.37. The van der Waals surface area contributed by atoms with Crippen molar-refractivity contribution >= 4 is 22.9 Å². The first-order valence-electron chi connectivity index (χ1n) is 11.5. The number of amides is 2. The van der Waals surface area contributed by atoms with Crippen molar-refractivity contribution in [2.45, 2.75) is 32.9 Å². The van der Waals surface area contributed by atoms with Crippen molar-refractivity contribution < 1.29 is 14.1 Å². The molecule has 2 aromatic heterocycles. The van der Waals surface area contributed by atoms with Crippen LogP contribution in [-0.4, -0.2) is 28.2 Å². The Morgan fingerprint density at radius 2 is 1.91 bits per heavy atom. The van der Waals surface area contributed by atoms with E-state index in [4.69, 9.17) is 14.2 Å². The van der Waals surface area contributed by atoms with Gasteiger partial charge in [0, 0.05) is 11.3 Å². The van der Waals surface area contributed by atoms with Crippen LogP contribution in [-0.2, 0) is 13.0 Å². The number of hydrogen-bond donors (Lipinski definition) is 1. The predicted molar refractivity (Wildman–Crippen MR) is 136 cm³/mol. The van der Waals surface area contributed by atoms with Gasteiger partial charge in [0.25, 0.3) is 5.89 Å². The highest BCUT2D eigenvalue weighted by Gasteiger charge is 2.36. The van der Waals surface area contributed by atoms with Gasteiger partial charge in [0.15, 0.2) is 0 Å². The third-order valence-corrected chi connectivity index (χ3v) is 7.10. The average Bonchev–Trinajstić information content (AvgIpc) is 3.59. The number of benzene rings is 2. The molecule has 35 heavy (non-hydrogen) atoms. The number of methoxy groups -OCH3 is 1. The van der Waals surface area contributed by atoms with Crippen LogP contribution in [0.4, 0.5) is 4.79 Å². The molecular formula is C27H26N4O3S. The number of rotatable bonds is 7. The van der Waals surface area contributed by atoms with Crippen molar-refractivity contribution in [3.63, 3.8) is 0 Å². The van der Waals surface area contributed by atoms with Crippen LogP contribution in [0.2, 0.25) is 0 Å². The molecule has 2 aromatic carbocycles. The molecule has 1 N–H and O–H groups in total. The first kappa shape index (κ1) is 22.9. The quantitative estimate of drug-likeness (QED) is 0.343. The maximum atomic E-state index is 13.4. The molecule has 4 aromatic rings. The molecule has 178 valence electrons. The van der Waals surface area contributed by atoms with Gasteiger partial charge in [0.1, 0.15) is 5.75 Å². The lowest BCUT2D eigenvalue weighted by atomic mass is 9.93. The van der Waals surface area contributed by atoms with Gasteiger partial charge in [-0.3, -0.25) is 4.90 Å². The second-order valence-electron chi connectivity index (χ2n) is 8.28. The molecule has 1 aliphatic rings. The lowest BCUT2D eigenvalue weighted by molar-refractivity contribution is 0.202. The molecule has 0 aliphatic carbocycles. The summed E-state index contributed by atoms with van der Waals surface area (Å²) in [5.74, 6) is 1.65. The third-order valence-electron chi connectivity index (χ3n) is 6.24. The van der Waals surface area contributed by atoms with Gasteiger partial charge < -0.3 is 14.6 Å². The summed E-state index contributed by atoms with van der Waals surface area (Å²) in [5, 5.41) is 9.36. The molecule has 7 nitrogen and oxygen atoms in total. The number of ether oxygens (including phenoxy) is 1. The Hall–Kier alpha value is -3.91. The van der Waals surface area contributed by atoms with E-state index in [9.17, 15) is 4.79 Å². The highest BCUT2D eigenvalue weighted by Crippen LogP contribution is 2.38. The van der Waals surface area contributed by atoms with Gasteiger partial charge >= 0.3 is 6.03 Å². The van der Waals surface area contributed by atoms with Crippen LogP contribution in [0.15, 0.2) is 76.3 Å². The van der Waals surface area contributed by atoms with Gasteiger partial charge in [-0.25, -0.2) is 4.79 Å². The second kappa shape index (κ2) is 9.76. The van der Waals surface area contributed by atoms with Crippen molar-refractivity contribution in [1.29, 1.82) is 0 Å². The summed E-state index contributed by atoms with van der Waals surface area (Å²) >= 11 is 1.55. The van der Waals surface area contributed by atoms with E-state index >= 15 is 0 Å². The van der Waals surface area contributed by atoms with Gasteiger partial charge in [0.05, 0.1) is 30.1 Å². The average molecular weight is 487 g/mol. The minimum Gasteiger partial charge on any atom is -0.496 e. The minimum absolute atomic E-state index is 0.195. The molecule has 1 atom stereocenters. The molecular weight excluding hydrogens is 460 g/mol. The number of urea groups is 1. The Morgan fingerprint density at radius 3 is 2.63 bits per heavy atom. The third kappa shape index (κ3) is 4.44. The highest BCUT2D eigenvalue weighted by molar-refractivity contribution is 7.13. The van der Waals surface area contributed by atoms with E-state index in [1.807, 2.05) is 60.8 Å². The smallest absolute Gasteiger partial charge is 0.322 e. The van der Waals surface area contributed by atoms with Gasteiger partial charge in [-0.05, 0) is 42.0 Å². The summed E-state index contributed by atoms with van der Waals surface area (Å²) in [4.78, 5) is 20.7. The molecule has 1 unspecified atom stereocenters. The van der Waals surface area contributed by atoms with E-state index in [0.29, 0.717) is 18.3 Å². The molecule has 0 saturated carbocycles. The van der Waals surface area contributed by atoms with E-state index in [1.54, 1.807) is 23.3 Å². The number of allylic oxidation sites excluding steroid dienone is 1. The lowest BCUT2D eigenvalue weighted by Crippen LogP contribution is -2.45. The number of aryl methyl sites for hydroxylation is 1. The zero-order valence-electron chi connectivity index (χ0n) is 19.8. The molecule has 8 heteroatoms. The van der Waals surface area contributed by atoms with Crippen LogP contribution in [0.3, 0.4) is 0 Å². The van der Waals surface area contributed by atoms with Crippen molar-refractivity contribution in [1.82, 2.24) is 20.4 Å². The van der Waals surface area contributed by atoms with Gasteiger partial charge in [-0.15, -0.1) is 11.3 Å². The molecule has 0 fully saturated rings. The Labute approximate surface area is 208 Å². The normalized spacial score (nSPS) is 15.9. The number of carbonyl (C=O) groups is 1. The summed E-state index contributed by atoms with van der Waals surface area (Å²) in [6, 6.07) is 19.2. The van der Waals surface area contributed by atoms with E-state index in [0.717, 1.165) is 39.4 Å². The lowest BCUT2D eigenvalue weighted by Gasteiger charge is -2.35. The SMILES string of the molecule is CCc1ccc(C2NC(=O)N(Cc3ccccc3OC)C(C)=C2c2nc(-c3cccs3)no2)cc1. The van der Waals surface area contributed by atoms with Gasteiger partial charge in [-0.2, -0.15) is 4.98 Å². The fraction of sp³-hybridized carbons (Fsp3) is 0.222. The van der Waals surface area contributed by atoms with Crippen LogP contribution in [0.5, 0.6) is 5.75 Å². The van der Waals surface area contributed by atoms with Gasteiger partial charge in [-0.1, -0.05) is 60.6 Å². The van der Waals surface area contributed by atoms with Crippen LogP contribution >= 0.6 is 11.3 Å². The summed E-state index contributed by atoms with van der Waals surface area (Å²) < 4.78 is 11.3. The number of para-hydroxylation sites is 1. The summed E-state index contributed by atoms with van der Waals surface area (Å²) in [6.45, 7) is 4.39. The number of hydrogen-bond acceptors (Lipinski definition) is 6. The number of nitrogens with one attached hydrogen (secondary N) is 1. The van der Waals surface area contributed by atoms with Crippen LogP contribution in [0.1, 0.15) is 42.5 Å².